The van der Waals surface area contributed by atoms with Crippen molar-refractivity contribution in [2.24, 2.45) is 4.99 Å². The van der Waals surface area contributed by atoms with E-state index in [1.165, 1.54) is 3.57 Å². The van der Waals surface area contributed by atoms with E-state index in [0.29, 0.717) is 12.2 Å². The first kappa shape index (κ1) is 14.7. The molecule has 0 aromatic heterocycles. The largest absolute Gasteiger partial charge is 0.462 e. The van der Waals surface area contributed by atoms with Crippen LogP contribution in [0.4, 0.5) is 5.69 Å². The van der Waals surface area contributed by atoms with Crippen LogP contribution in [0.15, 0.2) is 53.5 Å². The van der Waals surface area contributed by atoms with Crippen molar-refractivity contribution >= 4 is 40.5 Å². The molecule has 3 nitrogen and oxygen atoms in total. The number of nitrogens with zero attached hydrogens (tertiary/aromatic N) is 1. The van der Waals surface area contributed by atoms with E-state index in [0.717, 1.165) is 11.3 Å². The predicted octanol–water partition coefficient (Wildman–Crippen LogP) is 4.22. The SMILES string of the molecule is CCOC(=O)c1ccc(N=Cc2ccc(I)cc2)cc1. The lowest BCUT2D eigenvalue weighted by molar-refractivity contribution is 0.0526. The fourth-order valence-electron chi connectivity index (χ4n) is 1.60. The molecule has 0 N–H and O–H groups in total. The third-order valence-electron chi connectivity index (χ3n) is 2.61. The van der Waals surface area contributed by atoms with Gasteiger partial charge in [-0.1, -0.05) is 12.1 Å². The summed E-state index contributed by atoms with van der Waals surface area (Å²) in [5, 5.41) is 0. The number of carbonyl (C=O) groups excluding carboxylic acids is 1. The minimum absolute atomic E-state index is 0.305. The van der Waals surface area contributed by atoms with Crippen LogP contribution in [0.3, 0.4) is 0 Å². The first-order chi connectivity index (χ1) is 9.69. The second-order valence-electron chi connectivity index (χ2n) is 4.08. The molecule has 0 atom stereocenters. The fourth-order valence-corrected chi connectivity index (χ4v) is 1.96. The van der Waals surface area contributed by atoms with Gasteiger partial charge in [-0.3, -0.25) is 4.99 Å². The van der Waals surface area contributed by atoms with Crippen LogP contribution in [-0.4, -0.2) is 18.8 Å². The summed E-state index contributed by atoms with van der Waals surface area (Å²) < 4.78 is 6.12. The van der Waals surface area contributed by atoms with E-state index >= 15 is 0 Å². The van der Waals surface area contributed by atoms with Gasteiger partial charge in [0.05, 0.1) is 17.9 Å². The second-order valence-corrected chi connectivity index (χ2v) is 5.32. The molecule has 20 heavy (non-hydrogen) atoms. The van der Waals surface area contributed by atoms with Gasteiger partial charge in [-0.2, -0.15) is 0 Å². The maximum absolute atomic E-state index is 11.5. The highest BCUT2D eigenvalue weighted by atomic mass is 127. The summed E-state index contributed by atoms with van der Waals surface area (Å²) in [4.78, 5) is 15.9. The molecule has 0 saturated heterocycles. The van der Waals surface area contributed by atoms with Crippen molar-refractivity contribution in [1.82, 2.24) is 0 Å². The molecule has 0 bridgehead atoms. The number of hydrogen-bond acceptors (Lipinski definition) is 3. The molecule has 0 fully saturated rings. The number of aliphatic imine (C=N–C) groups is 1. The van der Waals surface area contributed by atoms with E-state index in [1.807, 2.05) is 24.3 Å². The van der Waals surface area contributed by atoms with Crippen LogP contribution >= 0.6 is 22.6 Å². The molecule has 0 unspecified atom stereocenters. The van der Waals surface area contributed by atoms with Gasteiger partial charge < -0.3 is 4.74 Å². The van der Waals surface area contributed by atoms with Gasteiger partial charge in [0.2, 0.25) is 0 Å². The lowest BCUT2D eigenvalue weighted by atomic mass is 10.2. The summed E-state index contributed by atoms with van der Waals surface area (Å²) in [5.41, 5.74) is 2.39. The van der Waals surface area contributed by atoms with Gasteiger partial charge in [0.15, 0.2) is 0 Å². The number of hydrogen-bond donors (Lipinski definition) is 0. The lowest BCUT2D eigenvalue weighted by Gasteiger charge is -2.01. The number of esters is 1. The zero-order chi connectivity index (χ0) is 14.4. The lowest BCUT2D eigenvalue weighted by Crippen LogP contribution is -2.03. The highest BCUT2D eigenvalue weighted by Crippen LogP contribution is 2.14. The number of ether oxygens (including phenoxy) is 1. The fraction of sp³-hybridized carbons (Fsp3) is 0.125. The van der Waals surface area contributed by atoms with Crippen molar-refractivity contribution in [3.63, 3.8) is 0 Å². The molecule has 0 heterocycles. The Labute approximate surface area is 131 Å². The molecule has 102 valence electrons. The summed E-state index contributed by atoms with van der Waals surface area (Å²) in [6.07, 6.45) is 1.80. The first-order valence-electron chi connectivity index (χ1n) is 6.26. The first-order valence-corrected chi connectivity index (χ1v) is 7.33. The Hall–Kier alpha value is -1.69. The smallest absolute Gasteiger partial charge is 0.338 e. The van der Waals surface area contributed by atoms with Crippen LogP contribution in [-0.2, 0) is 4.74 Å². The Balaban J connectivity index is 2.07. The van der Waals surface area contributed by atoms with E-state index in [1.54, 1.807) is 37.4 Å². The van der Waals surface area contributed by atoms with Crippen molar-refractivity contribution in [1.29, 1.82) is 0 Å². The highest BCUT2D eigenvalue weighted by Gasteiger charge is 2.04. The third-order valence-corrected chi connectivity index (χ3v) is 3.33. The minimum atomic E-state index is -0.305. The molecule has 4 heteroatoms. The van der Waals surface area contributed by atoms with Crippen molar-refractivity contribution in [3.8, 4) is 0 Å². The molecule has 0 aliphatic heterocycles. The molecule has 2 aromatic carbocycles. The van der Waals surface area contributed by atoms with E-state index in [-0.39, 0.29) is 5.97 Å². The van der Waals surface area contributed by atoms with Gasteiger partial charge in [-0.05, 0) is 71.5 Å². The van der Waals surface area contributed by atoms with Crippen molar-refractivity contribution in [2.45, 2.75) is 6.92 Å². The van der Waals surface area contributed by atoms with E-state index in [9.17, 15) is 4.79 Å². The Bertz CT molecular complexity index is 603. The van der Waals surface area contributed by atoms with Gasteiger partial charge >= 0.3 is 5.97 Å². The molecule has 2 aromatic rings. The quantitative estimate of drug-likeness (QED) is 0.453. The van der Waals surface area contributed by atoms with E-state index < -0.39 is 0 Å². The summed E-state index contributed by atoms with van der Waals surface area (Å²) in [5.74, 6) is -0.305. The molecule has 0 saturated carbocycles. The van der Waals surface area contributed by atoms with Gasteiger partial charge in [-0.25, -0.2) is 4.79 Å². The summed E-state index contributed by atoms with van der Waals surface area (Å²) in [7, 11) is 0. The molecular weight excluding hydrogens is 365 g/mol. The van der Waals surface area contributed by atoms with Gasteiger partial charge in [0, 0.05) is 9.78 Å². The van der Waals surface area contributed by atoms with Crippen molar-refractivity contribution < 1.29 is 9.53 Å². The Kier molecular flexibility index (Phi) is 5.29. The molecular formula is C16H14INO2. The number of benzene rings is 2. The average Bonchev–Trinajstić information content (AvgIpc) is 2.47. The third kappa shape index (κ3) is 4.16. The molecule has 0 radical (unpaired) electrons. The maximum atomic E-state index is 11.5. The zero-order valence-corrected chi connectivity index (χ0v) is 13.2. The van der Waals surface area contributed by atoms with Crippen LogP contribution < -0.4 is 0 Å². The molecule has 0 spiro atoms. The Morgan fingerprint density at radius 2 is 1.80 bits per heavy atom. The van der Waals surface area contributed by atoms with Crippen LogP contribution in [0, 0.1) is 3.57 Å². The maximum Gasteiger partial charge on any atom is 0.338 e. The second kappa shape index (κ2) is 7.19. The van der Waals surface area contributed by atoms with Crippen molar-refractivity contribution in [2.75, 3.05) is 6.61 Å². The van der Waals surface area contributed by atoms with Crippen LogP contribution in [0.25, 0.3) is 0 Å². The number of halogens is 1. The zero-order valence-electron chi connectivity index (χ0n) is 11.0. The van der Waals surface area contributed by atoms with Gasteiger partial charge in [0.25, 0.3) is 0 Å². The summed E-state index contributed by atoms with van der Waals surface area (Å²) >= 11 is 2.26. The summed E-state index contributed by atoms with van der Waals surface area (Å²) in [6.45, 7) is 2.17. The number of carbonyl (C=O) groups is 1. The standard InChI is InChI=1S/C16H14INO2/c1-2-20-16(19)13-5-9-15(10-6-13)18-11-12-3-7-14(17)8-4-12/h3-11H,2H2,1H3. The summed E-state index contributed by atoms with van der Waals surface area (Å²) in [6, 6.07) is 15.1. The Morgan fingerprint density at radius 1 is 1.15 bits per heavy atom. The molecule has 0 aliphatic rings. The van der Waals surface area contributed by atoms with E-state index in [4.69, 9.17) is 4.74 Å². The molecule has 0 aliphatic carbocycles. The topological polar surface area (TPSA) is 38.7 Å². The predicted molar refractivity (Wildman–Crippen MR) is 88.8 cm³/mol. The van der Waals surface area contributed by atoms with Gasteiger partial charge in [0.1, 0.15) is 0 Å². The number of rotatable bonds is 4. The van der Waals surface area contributed by atoms with Crippen LogP contribution in [0.1, 0.15) is 22.8 Å². The average molecular weight is 379 g/mol. The van der Waals surface area contributed by atoms with Gasteiger partial charge in [-0.15, -0.1) is 0 Å². The highest BCUT2D eigenvalue weighted by molar-refractivity contribution is 14.1. The van der Waals surface area contributed by atoms with Crippen LogP contribution in [0.2, 0.25) is 0 Å². The minimum Gasteiger partial charge on any atom is -0.462 e. The normalized spacial score (nSPS) is 10.7. The molecule has 0 amide bonds. The molecule has 2 rings (SSSR count). The monoisotopic (exact) mass is 379 g/mol. The van der Waals surface area contributed by atoms with E-state index in [2.05, 4.69) is 27.6 Å². The Morgan fingerprint density at radius 3 is 2.40 bits per heavy atom. The van der Waals surface area contributed by atoms with Crippen LogP contribution in [0.5, 0.6) is 0 Å². The van der Waals surface area contributed by atoms with Crippen molar-refractivity contribution in [3.05, 3.63) is 63.2 Å².